The fraction of sp³-hybridized carbons (Fsp3) is 0.409. The number of aromatic nitrogens is 3. The first kappa shape index (κ1) is 19.8. The number of carbonyl (C=O) groups is 1. The quantitative estimate of drug-likeness (QED) is 0.569. The molecule has 3 aromatic rings. The van der Waals surface area contributed by atoms with Gasteiger partial charge in [0.15, 0.2) is 11.0 Å². The highest BCUT2D eigenvalue weighted by Gasteiger charge is 2.23. The molecular weight excluding hydrogens is 384 g/mol. The molecule has 1 fully saturated rings. The van der Waals surface area contributed by atoms with Crippen LogP contribution in [-0.4, -0.2) is 44.4 Å². The topological polar surface area (TPSA) is 64.2 Å². The SMILES string of the molecule is Cc1ccccc1-c1nnc(SCC(=O)N2CCCC(C)C2)n1Cc1ccco1. The molecule has 152 valence electrons. The first-order chi connectivity index (χ1) is 14.1. The zero-order chi connectivity index (χ0) is 20.2. The van der Waals surface area contributed by atoms with Crippen molar-refractivity contribution in [3.8, 4) is 11.4 Å². The molecule has 7 heteroatoms. The summed E-state index contributed by atoms with van der Waals surface area (Å²) in [5.41, 5.74) is 2.17. The van der Waals surface area contributed by atoms with E-state index in [1.165, 1.54) is 18.2 Å². The second-order valence-corrected chi connectivity index (χ2v) is 8.60. The van der Waals surface area contributed by atoms with Crippen LogP contribution in [0.3, 0.4) is 0 Å². The van der Waals surface area contributed by atoms with Gasteiger partial charge < -0.3 is 9.32 Å². The molecule has 1 unspecified atom stereocenters. The van der Waals surface area contributed by atoms with Crippen LogP contribution in [-0.2, 0) is 11.3 Å². The molecule has 3 heterocycles. The number of hydrogen-bond donors (Lipinski definition) is 0. The van der Waals surface area contributed by atoms with Crippen molar-refractivity contribution in [2.24, 2.45) is 5.92 Å². The van der Waals surface area contributed by atoms with E-state index in [9.17, 15) is 4.79 Å². The van der Waals surface area contributed by atoms with Gasteiger partial charge in [-0.2, -0.15) is 0 Å². The maximum absolute atomic E-state index is 12.7. The van der Waals surface area contributed by atoms with Crippen LogP contribution in [0.25, 0.3) is 11.4 Å². The van der Waals surface area contributed by atoms with Crippen molar-refractivity contribution in [3.63, 3.8) is 0 Å². The molecule has 0 N–H and O–H groups in total. The third kappa shape index (κ3) is 4.56. The fourth-order valence-corrected chi connectivity index (χ4v) is 4.59. The lowest BCUT2D eigenvalue weighted by atomic mass is 10.0. The number of thioether (sulfide) groups is 1. The highest BCUT2D eigenvalue weighted by molar-refractivity contribution is 7.99. The summed E-state index contributed by atoms with van der Waals surface area (Å²) >= 11 is 1.45. The average molecular weight is 411 g/mol. The maximum atomic E-state index is 12.7. The minimum Gasteiger partial charge on any atom is -0.467 e. The number of nitrogens with zero attached hydrogens (tertiary/aromatic N) is 4. The van der Waals surface area contributed by atoms with Crippen molar-refractivity contribution in [3.05, 3.63) is 54.0 Å². The number of piperidine rings is 1. The lowest BCUT2D eigenvalue weighted by molar-refractivity contribution is -0.130. The summed E-state index contributed by atoms with van der Waals surface area (Å²) in [5.74, 6) is 2.75. The Morgan fingerprint density at radius 3 is 2.86 bits per heavy atom. The average Bonchev–Trinajstić information content (AvgIpc) is 3.37. The largest absolute Gasteiger partial charge is 0.467 e. The molecule has 1 amide bonds. The molecule has 6 nitrogen and oxygen atoms in total. The Hall–Kier alpha value is -2.54. The van der Waals surface area contributed by atoms with E-state index in [-0.39, 0.29) is 5.91 Å². The van der Waals surface area contributed by atoms with E-state index in [0.717, 1.165) is 47.4 Å². The molecule has 1 aliphatic heterocycles. The van der Waals surface area contributed by atoms with Crippen LogP contribution in [0.2, 0.25) is 0 Å². The van der Waals surface area contributed by atoms with Crippen molar-refractivity contribution < 1.29 is 9.21 Å². The zero-order valence-electron chi connectivity index (χ0n) is 16.9. The van der Waals surface area contributed by atoms with E-state index < -0.39 is 0 Å². The van der Waals surface area contributed by atoms with Gasteiger partial charge >= 0.3 is 0 Å². The van der Waals surface area contributed by atoms with Crippen LogP contribution in [0.5, 0.6) is 0 Å². The van der Waals surface area contributed by atoms with Gasteiger partial charge in [0.05, 0.1) is 18.6 Å². The number of carbonyl (C=O) groups excluding carboxylic acids is 1. The number of hydrogen-bond acceptors (Lipinski definition) is 5. The van der Waals surface area contributed by atoms with Crippen LogP contribution in [0.4, 0.5) is 0 Å². The number of rotatable bonds is 6. The Morgan fingerprint density at radius 2 is 2.10 bits per heavy atom. The van der Waals surface area contributed by atoms with Gasteiger partial charge in [0.1, 0.15) is 5.76 Å². The second kappa shape index (κ2) is 8.86. The number of furan rings is 1. The predicted octanol–water partition coefficient (Wildman–Crippen LogP) is 4.25. The van der Waals surface area contributed by atoms with Crippen molar-refractivity contribution >= 4 is 17.7 Å². The summed E-state index contributed by atoms with van der Waals surface area (Å²) in [5, 5.41) is 9.60. The highest BCUT2D eigenvalue weighted by atomic mass is 32.2. The van der Waals surface area contributed by atoms with E-state index >= 15 is 0 Å². The van der Waals surface area contributed by atoms with Crippen LogP contribution in [0.1, 0.15) is 31.1 Å². The minimum atomic E-state index is 0.173. The summed E-state index contributed by atoms with van der Waals surface area (Å²) in [4.78, 5) is 14.7. The number of aryl methyl sites for hydroxylation is 1. The molecule has 4 rings (SSSR count). The van der Waals surface area contributed by atoms with Gasteiger partial charge in [-0.3, -0.25) is 9.36 Å². The summed E-state index contributed by atoms with van der Waals surface area (Å²) in [7, 11) is 0. The Morgan fingerprint density at radius 1 is 1.24 bits per heavy atom. The van der Waals surface area contributed by atoms with Crippen LogP contribution >= 0.6 is 11.8 Å². The molecular formula is C22H26N4O2S. The summed E-state index contributed by atoms with van der Waals surface area (Å²) in [6, 6.07) is 11.9. The minimum absolute atomic E-state index is 0.173. The molecule has 0 radical (unpaired) electrons. The first-order valence-electron chi connectivity index (χ1n) is 10.0. The molecule has 0 aliphatic carbocycles. The molecule has 1 saturated heterocycles. The molecule has 0 spiro atoms. The van der Waals surface area contributed by atoms with Gasteiger partial charge in [-0.25, -0.2) is 0 Å². The van der Waals surface area contributed by atoms with E-state index in [0.29, 0.717) is 18.2 Å². The molecule has 29 heavy (non-hydrogen) atoms. The molecule has 0 bridgehead atoms. The van der Waals surface area contributed by atoms with Crippen molar-refractivity contribution in [2.45, 2.75) is 38.4 Å². The van der Waals surface area contributed by atoms with Crippen LogP contribution < -0.4 is 0 Å². The van der Waals surface area contributed by atoms with Gasteiger partial charge in [-0.1, -0.05) is 43.0 Å². The van der Waals surface area contributed by atoms with E-state index in [4.69, 9.17) is 4.42 Å². The van der Waals surface area contributed by atoms with Gasteiger partial charge in [0.25, 0.3) is 0 Å². The highest BCUT2D eigenvalue weighted by Crippen LogP contribution is 2.28. The third-order valence-electron chi connectivity index (χ3n) is 5.33. The van der Waals surface area contributed by atoms with Gasteiger partial charge in [-0.05, 0) is 43.4 Å². The zero-order valence-corrected chi connectivity index (χ0v) is 17.7. The van der Waals surface area contributed by atoms with E-state index in [1.807, 2.05) is 39.8 Å². The first-order valence-corrected chi connectivity index (χ1v) is 11.0. The lowest BCUT2D eigenvalue weighted by Gasteiger charge is -2.30. The summed E-state index contributed by atoms with van der Waals surface area (Å²) in [6.07, 6.45) is 3.96. The Bertz CT molecular complexity index is 967. The Labute approximate surface area is 175 Å². The van der Waals surface area contributed by atoms with Gasteiger partial charge in [0.2, 0.25) is 5.91 Å². The Kier molecular flexibility index (Phi) is 6.04. The summed E-state index contributed by atoms with van der Waals surface area (Å²) < 4.78 is 7.59. The lowest BCUT2D eigenvalue weighted by Crippen LogP contribution is -2.40. The van der Waals surface area contributed by atoms with Crippen molar-refractivity contribution in [2.75, 3.05) is 18.8 Å². The smallest absolute Gasteiger partial charge is 0.233 e. The van der Waals surface area contributed by atoms with E-state index in [2.05, 4.69) is 30.1 Å². The molecule has 1 atom stereocenters. The predicted molar refractivity (Wildman–Crippen MR) is 114 cm³/mol. The van der Waals surface area contributed by atoms with Gasteiger partial charge in [0, 0.05) is 18.7 Å². The molecule has 0 saturated carbocycles. The standard InChI is InChI=1S/C22H26N4O2S/c1-16-7-5-11-25(13-16)20(27)15-29-22-24-23-21(19-10-4-3-8-17(19)2)26(22)14-18-9-6-12-28-18/h3-4,6,8-10,12,16H,5,7,11,13-15H2,1-2H3. The molecule has 1 aliphatic rings. The number of likely N-dealkylation sites (tertiary alicyclic amines) is 1. The number of benzene rings is 1. The van der Waals surface area contributed by atoms with Crippen LogP contribution in [0.15, 0.2) is 52.2 Å². The normalized spacial score (nSPS) is 16.9. The third-order valence-corrected chi connectivity index (χ3v) is 6.28. The van der Waals surface area contributed by atoms with Crippen molar-refractivity contribution in [1.82, 2.24) is 19.7 Å². The summed E-state index contributed by atoms with van der Waals surface area (Å²) in [6.45, 7) is 6.52. The van der Waals surface area contributed by atoms with Crippen molar-refractivity contribution in [1.29, 1.82) is 0 Å². The number of amides is 1. The maximum Gasteiger partial charge on any atom is 0.233 e. The van der Waals surface area contributed by atoms with Crippen LogP contribution in [0, 0.1) is 12.8 Å². The van der Waals surface area contributed by atoms with E-state index in [1.54, 1.807) is 6.26 Å². The second-order valence-electron chi connectivity index (χ2n) is 7.66. The monoisotopic (exact) mass is 410 g/mol. The van der Waals surface area contributed by atoms with Gasteiger partial charge in [-0.15, -0.1) is 10.2 Å². The molecule has 1 aromatic carbocycles. The fourth-order valence-electron chi connectivity index (χ4n) is 3.75. The Balaban J connectivity index is 1.56. The molecule has 2 aromatic heterocycles.